The maximum absolute atomic E-state index is 12.2. The number of hydrogen-bond acceptors (Lipinski definition) is 0. The summed E-state index contributed by atoms with van der Waals surface area (Å²) in [6, 6.07) is 0. The summed E-state index contributed by atoms with van der Waals surface area (Å²) in [6.45, 7) is 5.13. The van der Waals surface area contributed by atoms with E-state index in [0.29, 0.717) is 6.42 Å². The lowest BCUT2D eigenvalue weighted by atomic mass is 10.1. The van der Waals surface area contributed by atoms with Crippen LogP contribution in [-0.2, 0) is 0 Å². The topological polar surface area (TPSA) is 0 Å². The molecule has 0 aromatic carbocycles. The van der Waals surface area contributed by atoms with Crippen LogP contribution in [0.4, 0.5) is 13.2 Å². The number of alkyl halides is 3. The Balaban J connectivity index is 4.36. The Kier molecular flexibility index (Phi) is 5.28. The molecule has 0 rings (SSSR count). The molecule has 0 N–H and O–H groups in total. The van der Waals surface area contributed by atoms with Crippen molar-refractivity contribution >= 4 is 0 Å². The molecule has 0 saturated heterocycles. The van der Waals surface area contributed by atoms with E-state index in [1.807, 2.05) is 19.9 Å². The van der Waals surface area contributed by atoms with Gasteiger partial charge in [-0.05, 0) is 27.2 Å². The van der Waals surface area contributed by atoms with Crippen LogP contribution in [0.15, 0.2) is 35.5 Å². The van der Waals surface area contributed by atoms with Crippen LogP contribution in [0.3, 0.4) is 0 Å². The van der Waals surface area contributed by atoms with Crippen molar-refractivity contribution in [2.45, 2.75) is 33.4 Å². The van der Waals surface area contributed by atoms with Gasteiger partial charge in [0.2, 0.25) is 0 Å². The third-order valence-corrected chi connectivity index (χ3v) is 1.87. The molecule has 0 aliphatic carbocycles. The van der Waals surface area contributed by atoms with E-state index in [9.17, 15) is 13.2 Å². The van der Waals surface area contributed by atoms with Crippen molar-refractivity contribution in [2.75, 3.05) is 0 Å². The number of rotatable bonds is 3. The molecule has 0 spiro atoms. The smallest absolute Gasteiger partial charge is 0.166 e. The van der Waals surface area contributed by atoms with Crippen LogP contribution >= 0.6 is 0 Å². The van der Waals surface area contributed by atoms with E-state index < -0.39 is 11.7 Å². The van der Waals surface area contributed by atoms with Gasteiger partial charge < -0.3 is 0 Å². The number of hydrogen-bond donors (Lipinski definition) is 0. The van der Waals surface area contributed by atoms with Crippen molar-refractivity contribution in [3.05, 3.63) is 35.5 Å². The Morgan fingerprint density at radius 3 is 2.07 bits per heavy atom. The lowest BCUT2D eigenvalue weighted by Crippen LogP contribution is -2.09. The molecule has 0 heterocycles. The molecule has 14 heavy (non-hydrogen) atoms. The molecule has 0 aromatic rings. The highest BCUT2D eigenvalue weighted by Crippen LogP contribution is 2.26. The molecule has 0 fully saturated rings. The van der Waals surface area contributed by atoms with Crippen LogP contribution in [0.2, 0.25) is 0 Å². The van der Waals surface area contributed by atoms with Gasteiger partial charge in [-0.15, -0.1) is 0 Å². The van der Waals surface area contributed by atoms with E-state index in [1.165, 1.54) is 13.0 Å². The lowest BCUT2D eigenvalue weighted by Gasteiger charge is -2.06. The van der Waals surface area contributed by atoms with E-state index in [4.69, 9.17) is 0 Å². The summed E-state index contributed by atoms with van der Waals surface area (Å²) >= 11 is 0. The zero-order valence-corrected chi connectivity index (χ0v) is 8.65. The van der Waals surface area contributed by atoms with Gasteiger partial charge in [0.25, 0.3) is 0 Å². The highest BCUT2D eigenvalue weighted by molar-refractivity contribution is 5.24. The molecule has 3 heteroatoms. The summed E-state index contributed by atoms with van der Waals surface area (Å²) in [5.74, 6) is 0. The van der Waals surface area contributed by atoms with Crippen LogP contribution < -0.4 is 0 Å². The lowest BCUT2D eigenvalue weighted by molar-refractivity contribution is -0.0883. The molecule has 0 nitrogen and oxygen atoms in total. The van der Waals surface area contributed by atoms with Crippen molar-refractivity contribution < 1.29 is 13.2 Å². The summed E-state index contributed by atoms with van der Waals surface area (Å²) in [5, 5.41) is 0. The van der Waals surface area contributed by atoms with Gasteiger partial charge in [-0.25, -0.2) is 0 Å². The van der Waals surface area contributed by atoms with Crippen molar-refractivity contribution in [1.29, 1.82) is 0 Å². The summed E-state index contributed by atoms with van der Waals surface area (Å²) < 4.78 is 36.6. The third-order valence-electron chi connectivity index (χ3n) is 1.87. The van der Waals surface area contributed by atoms with Gasteiger partial charge in [0, 0.05) is 0 Å². The van der Waals surface area contributed by atoms with Crippen LogP contribution in [0.1, 0.15) is 27.2 Å². The normalized spacial score (nSPS) is 15.3. The summed E-state index contributed by atoms with van der Waals surface area (Å²) in [7, 11) is 0. The second kappa shape index (κ2) is 5.68. The molecule has 0 amide bonds. The van der Waals surface area contributed by atoms with E-state index >= 15 is 0 Å². The highest BCUT2D eigenvalue weighted by Gasteiger charge is 2.30. The van der Waals surface area contributed by atoms with Crippen molar-refractivity contribution in [1.82, 2.24) is 0 Å². The Morgan fingerprint density at radius 1 is 1.14 bits per heavy atom. The Hall–Kier alpha value is -0.990. The van der Waals surface area contributed by atoms with Crippen LogP contribution in [0.25, 0.3) is 0 Å². The van der Waals surface area contributed by atoms with Gasteiger partial charge in [0.05, 0.1) is 5.57 Å². The zero-order chi connectivity index (χ0) is 11.2. The second-order valence-electron chi connectivity index (χ2n) is 2.98. The van der Waals surface area contributed by atoms with Crippen LogP contribution in [0.5, 0.6) is 0 Å². The first-order chi connectivity index (χ1) is 6.41. The van der Waals surface area contributed by atoms with Gasteiger partial charge in [0.15, 0.2) is 0 Å². The first-order valence-corrected chi connectivity index (χ1v) is 4.43. The predicted octanol–water partition coefficient (Wildman–Crippen LogP) is 4.41. The predicted molar refractivity (Wildman–Crippen MR) is 53.0 cm³/mol. The molecule has 0 radical (unpaired) electrons. The molecule has 0 bridgehead atoms. The molecule has 0 aromatic heterocycles. The fourth-order valence-electron chi connectivity index (χ4n) is 0.844. The molecular weight excluding hydrogens is 189 g/mol. The first-order valence-electron chi connectivity index (χ1n) is 4.43. The third kappa shape index (κ3) is 4.90. The molecule has 0 aliphatic rings. The molecule has 0 saturated carbocycles. The minimum atomic E-state index is -4.24. The maximum atomic E-state index is 12.2. The quantitative estimate of drug-likeness (QED) is 0.472. The standard InChI is InChI=1S/C11H15F3/c1-4-9(3)7-6-8-10(5-2)11(12,13)14/h4-6,8H,7H2,1-3H3/b8-6-,9-4+,10-5+. The van der Waals surface area contributed by atoms with Gasteiger partial charge in [-0.1, -0.05) is 29.9 Å². The number of halogens is 3. The van der Waals surface area contributed by atoms with Crippen LogP contribution in [-0.4, -0.2) is 6.18 Å². The van der Waals surface area contributed by atoms with Gasteiger partial charge in [-0.3, -0.25) is 0 Å². The molecule has 0 aliphatic heterocycles. The van der Waals surface area contributed by atoms with Crippen molar-refractivity contribution in [3.8, 4) is 0 Å². The Labute approximate surface area is 82.8 Å². The van der Waals surface area contributed by atoms with Crippen molar-refractivity contribution in [3.63, 3.8) is 0 Å². The summed E-state index contributed by atoms with van der Waals surface area (Å²) in [5.41, 5.74) is 0.459. The van der Waals surface area contributed by atoms with Crippen molar-refractivity contribution in [2.24, 2.45) is 0 Å². The Bertz CT molecular complexity index is 254. The number of allylic oxidation sites excluding steroid dienone is 6. The largest absolute Gasteiger partial charge is 0.416 e. The fourth-order valence-corrected chi connectivity index (χ4v) is 0.844. The fraction of sp³-hybridized carbons (Fsp3) is 0.455. The average molecular weight is 204 g/mol. The summed E-state index contributed by atoms with van der Waals surface area (Å²) in [6.07, 6.45) is 1.92. The van der Waals surface area contributed by atoms with Gasteiger partial charge >= 0.3 is 6.18 Å². The van der Waals surface area contributed by atoms with Crippen LogP contribution in [0, 0.1) is 0 Å². The SMILES string of the molecule is C/C=C(\C)C/C=C\C(=C/C)C(F)(F)F. The second-order valence-corrected chi connectivity index (χ2v) is 2.98. The van der Waals surface area contributed by atoms with E-state index in [1.54, 1.807) is 0 Å². The maximum Gasteiger partial charge on any atom is 0.416 e. The van der Waals surface area contributed by atoms with E-state index in [2.05, 4.69) is 0 Å². The molecule has 80 valence electrons. The highest BCUT2D eigenvalue weighted by atomic mass is 19.4. The first kappa shape index (κ1) is 13.0. The molecule has 0 unspecified atom stereocenters. The zero-order valence-electron chi connectivity index (χ0n) is 8.65. The average Bonchev–Trinajstić information content (AvgIpc) is 2.09. The van der Waals surface area contributed by atoms with Gasteiger partial charge in [-0.2, -0.15) is 13.2 Å². The Morgan fingerprint density at radius 2 is 1.71 bits per heavy atom. The molecular formula is C11H15F3. The molecule has 0 atom stereocenters. The monoisotopic (exact) mass is 204 g/mol. The minimum Gasteiger partial charge on any atom is -0.166 e. The van der Waals surface area contributed by atoms with E-state index in [0.717, 1.165) is 17.7 Å². The van der Waals surface area contributed by atoms with Gasteiger partial charge in [0.1, 0.15) is 0 Å². The minimum absolute atomic E-state index is 0.559. The summed E-state index contributed by atoms with van der Waals surface area (Å²) in [4.78, 5) is 0. The van der Waals surface area contributed by atoms with E-state index in [-0.39, 0.29) is 0 Å².